The Hall–Kier alpha value is -0.860. The fraction of sp³-hybridized carbons (Fsp3) is 0.900. The van der Waals surface area contributed by atoms with Crippen molar-refractivity contribution in [2.24, 2.45) is 10.9 Å². The molecule has 0 aromatic carbocycles. The van der Waals surface area contributed by atoms with Gasteiger partial charge in [-0.2, -0.15) is 17.4 Å². The average molecular weight is 278 g/mol. The van der Waals surface area contributed by atoms with Gasteiger partial charge in [0.2, 0.25) is 0 Å². The molecular formula is C10H22N4O3S. The smallest absolute Gasteiger partial charge is 0.280 e. The summed E-state index contributed by atoms with van der Waals surface area (Å²) >= 11 is 0. The normalized spacial score (nSPS) is 20.5. The van der Waals surface area contributed by atoms with Crippen LogP contribution in [-0.2, 0) is 10.2 Å². The first-order valence-corrected chi connectivity index (χ1v) is 7.63. The highest BCUT2D eigenvalue weighted by Crippen LogP contribution is 2.31. The van der Waals surface area contributed by atoms with Crippen molar-refractivity contribution in [2.75, 3.05) is 13.1 Å². The molecule has 0 spiro atoms. The molecule has 8 heteroatoms. The Kier molecular flexibility index (Phi) is 4.94. The summed E-state index contributed by atoms with van der Waals surface area (Å²) in [5.74, 6) is -0.0595. The summed E-state index contributed by atoms with van der Waals surface area (Å²) in [4.78, 5) is 0. The second kappa shape index (κ2) is 5.85. The van der Waals surface area contributed by atoms with Crippen molar-refractivity contribution >= 4 is 16.0 Å². The van der Waals surface area contributed by atoms with Crippen molar-refractivity contribution in [3.8, 4) is 0 Å². The van der Waals surface area contributed by atoms with Gasteiger partial charge >= 0.3 is 0 Å². The van der Waals surface area contributed by atoms with E-state index in [1.54, 1.807) is 13.8 Å². The summed E-state index contributed by atoms with van der Waals surface area (Å²) < 4.78 is 28.3. The first-order valence-electron chi connectivity index (χ1n) is 6.19. The Balaban J connectivity index is 2.98. The predicted octanol–water partition coefficient (Wildman–Crippen LogP) is 0.222. The molecule has 0 saturated heterocycles. The molecule has 1 aliphatic carbocycles. The third kappa shape index (κ3) is 2.93. The Morgan fingerprint density at radius 1 is 1.39 bits per heavy atom. The first-order chi connectivity index (χ1) is 8.41. The van der Waals surface area contributed by atoms with Crippen molar-refractivity contribution in [1.29, 1.82) is 0 Å². The Morgan fingerprint density at radius 2 is 1.89 bits per heavy atom. The van der Waals surface area contributed by atoms with E-state index in [4.69, 9.17) is 10.9 Å². The number of nitrogens with zero attached hydrogens (tertiary/aromatic N) is 2. The number of amidine groups is 1. The third-order valence-corrected chi connectivity index (χ3v) is 5.27. The summed E-state index contributed by atoms with van der Waals surface area (Å²) in [6, 6.07) is 0. The molecule has 0 heterocycles. The van der Waals surface area contributed by atoms with Crippen LogP contribution in [0, 0.1) is 0 Å². The van der Waals surface area contributed by atoms with Crippen molar-refractivity contribution in [1.82, 2.24) is 9.03 Å². The van der Waals surface area contributed by atoms with E-state index in [1.807, 2.05) is 0 Å². The van der Waals surface area contributed by atoms with E-state index in [2.05, 4.69) is 9.88 Å². The van der Waals surface area contributed by atoms with Crippen LogP contribution in [0.2, 0.25) is 0 Å². The van der Waals surface area contributed by atoms with Gasteiger partial charge in [0.05, 0.1) is 5.54 Å². The number of oxime groups is 1. The highest BCUT2D eigenvalue weighted by molar-refractivity contribution is 7.87. The maximum absolute atomic E-state index is 12.2. The molecule has 0 radical (unpaired) electrons. The minimum Gasteiger partial charge on any atom is -0.409 e. The molecule has 0 bridgehead atoms. The molecule has 1 fully saturated rings. The third-order valence-electron chi connectivity index (χ3n) is 3.42. The van der Waals surface area contributed by atoms with Crippen LogP contribution in [0.4, 0.5) is 0 Å². The largest absolute Gasteiger partial charge is 0.409 e. The van der Waals surface area contributed by atoms with E-state index in [1.165, 1.54) is 4.31 Å². The second-order valence-electron chi connectivity index (χ2n) is 4.47. The summed E-state index contributed by atoms with van der Waals surface area (Å²) in [5, 5.41) is 11.8. The molecule has 106 valence electrons. The van der Waals surface area contributed by atoms with Crippen LogP contribution in [0.25, 0.3) is 0 Å². The van der Waals surface area contributed by atoms with Crippen LogP contribution in [0.1, 0.15) is 39.5 Å². The first kappa shape index (κ1) is 15.2. The number of nitrogens with two attached hydrogens (primary N) is 1. The Labute approximate surface area is 108 Å². The zero-order valence-corrected chi connectivity index (χ0v) is 11.7. The van der Waals surface area contributed by atoms with E-state index < -0.39 is 15.7 Å². The lowest BCUT2D eigenvalue weighted by atomic mass is 9.98. The molecule has 0 atom stereocenters. The Bertz CT molecular complexity index is 397. The maximum Gasteiger partial charge on any atom is 0.280 e. The van der Waals surface area contributed by atoms with Crippen LogP contribution in [0.15, 0.2) is 5.16 Å². The molecule has 7 nitrogen and oxygen atoms in total. The topological polar surface area (TPSA) is 108 Å². The van der Waals surface area contributed by atoms with E-state index in [9.17, 15) is 8.42 Å². The van der Waals surface area contributed by atoms with Crippen molar-refractivity contribution < 1.29 is 13.6 Å². The minimum atomic E-state index is -3.61. The molecule has 0 amide bonds. The van der Waals surface area contributed by atoms with Gasteiger partial charge in [0, 0.05) is 13.1 Å². The molecule has 1 rings (SSSR count). The van der Waals surface area contributed by atoms with Crippen molar-refractivity contribution in [3.05, 3.63) is 0 Å². The van der Waals surface area contributed by atoms with Crippen molar-refractivity contribution in [3.63, 3.8) is 0 Å². The minimum absolute atomic E-state index is 0.0595. The van der Waals surface area contributed by atoms with Gasteiger partial charge in [-0.25, -0.2) is 0 Å². The quantitative estimate of drug-likeness (QED) is 0.279. The lowest BCUT2D eigenvalue weighted by Gasteiger charge is -2.31. The van der Waals surface area contributed by atoms with Gasteiger partial charge < -0.3 is 10.9 Å². The number of nitrogens with one attached hydrogen (secondary N) is 1. The summed E-state index contributed by atoms with van der Waals surface area (Å²) in [5.41, 5.74) is 4.72. The summed E-state index contributed by atoms with van der Waals surface area (Å²) in [7, 11) is -3.61. The lowest BCUT2D eigenvalue weighted by Crippen LogP contribution is -2.58. The zero-order chi connectivity index (χ0) is 13.8. The highest BCUT2D eigenvalue weighted by atomic mass is 32.2. The molecule has 0 aromatic heterocycles. The van der Waals surface area contributed by atoms with Gasteiger partial charge in [0.1, 0.15) is 0 Å². The van der Waals surface area contributed by atoms with Crippen LogP contribution >= 0.6 is 0 Å². The molecule has 18 heavy (non-hydrogen) atoms. The Morgan fingerprint density at radius 3 is 2.28 bits per heavy atom. The number of hydrogen-bond donors (Lipinski definition) is 3. The van der Waals surface area contributed by atoms with E-state index in [0.29, 0.717) is 25.9 Å². The maximum atomic E-state index is 12.2. The molecule has 1 aliphatic rings. The van der Waals surface area contributed by atoms with Crippen molar-refractivity contribution in [2.45, 2.75) is 45.1 Å². The van der Waals surface area contributed by atoms with Gasteiger partial charge in [0.25, 0.3) is 10.2 Å². The lowest BCUT2D eigenvalue weighted by molar-refractivity contribution is 0.309. The molecule has 0 unspecified atom stereocenters. The fourth-order valence-electron chi connectivity index (χ4n) is 2.36. The van der Waals surface area contributed by atoms with Gasteiger partial charge in [-0.3, -0.25) is 0 Å². The number of hydrogen-bond acceptors (Lipinski definition) is 4. The van der Waals surface area contributed by atoms with Crippen LogP contribution in [-0.4, -0.2) is 42.4 Å². The van der Waals surface area contributed by atoms with Gasteiger partial charge in [-0.1, -0.05) is 31.8 Å². The predicted molar refractivity (Wildman–Crippen MR) is 69.6 cm³/mol. The molecule has 1 saturated carbocycles. The van der Waals surface area contributed by atoms with E-state index in [0.717, 1.165) is 12.8 Å². The average Bonchev–Trinajstić information content (AvgIpc) is 2.78. The fourth-order valence-corrected chi connectivity index (χ4v) is 3.97. The highest BCUT2D eigenvalue weighted by Gasteiger charge is 2.42. The monoisotopic (exact) mass is 278 g/mol. The van der Waals surface area contributed by atoms with Crippen LogP contribution < -0.4 is 10.5 Å². The van der Waals surface area contributed by atoms with Gasteiger partial charge in [-0.15, -0.1) is 0 Å². The summed E-state index contributed by atoms with van der Waals surface area (Å²) in [6.45, 7) is 4.32. The van der Waals surface area contributed by atoms with E-state index >= 15 is 0 Å². The molecule has 0 aromatic rings. The SMILES string of the molecule is CCN(CC)S(=O)(=O)NC1(/C(N)=N/O)CCCC1. The standard InChI is InChI=1S/C10H22N4O3S/c1-3-14(4-2)18(16,17)13-10(9(11)12-15)7-5-6-8-10/h13,15H,3-8H2,1-2H3,(H2,11,12). The van der Waals surface area contributed by atoms with Gasteiger partial charge in [0.15, 0.2) is 5.84 Å². The summed E-state index contributed by atoms with van der Waals surface area (Å²) in [6.07, 6.45) is 2.83. The van der Waals surface area contributed by atoms with E-state index in [-0.39, 0.29) is 5.84 Å². The van der Waals surface area contributed by atoms with Gasteiger partial charge in [-0.05, 0) is 12.8 Å². The van der Waals surface area contributed by atoms with Crippen LogP contribution in [0.3, 0.4) is 0 Å². The second-order valence-corrected chi connectivity index (χ2v) is 6.14. The number of rotatable bonds is 6. The molecule has 0 aliphatic heterocycles. The van der Waals surface area contributed by atoms with Crippen LogP contribution in [0.5, 0.6) is 0 Å². The molecular weight excluding hydrogens is 256 g/mol. The molecule has 4 N–H and O–H groups in total. The zero-order valence-electron chi connectivity index (χ0n) is 10.9.